The first-order valence-electron chi connectivity index (χ1n) is 35.7. The Kier molecular flexibility index (Phi) is 57.6. The van der Waals surface area contributed by atoms with E-state index < -0.39 is 97.5 Å². The normalized spacial score (nSPS) is 14.6. The Bertz CT molecular complexity index is 1750. The molecule has 0 aromatic carbocycles. The number of aliphatic hydroxyl groups excluding tert-OH is 1. The molecule has 0 aromatic rings. The average Bonchev–Trinajstić information content (AvgIpc) is 3.68. The fraction of sp³-hybridized carbons (Fsp3) is 0.942. The van der Waals surface area contributed by atoms with Crippen LogP contribution >= 0.6 is 15.6 Å². The molecule has 0 amide bonds. The monoisotopic (exact) mass is 1300 g/mol. The molecule has 0 saturated carbocycles. The van der Waals surface area contributed by atoms with E-state index in [1.165, 1.54) is 135 Å². The third-order valence-electron chi connectivity index (χ3n) is 16.2. The van der Waals surface area contributed by atoms with Gasteiger partial charge in [-0.25, -0.2) is 9.13 Å². The second-order valence-electron chi connectivity index (χ2n) is 26.6. The molecule has 0 heterocycles. The number of hydrogen-bond donors (Lipinski definition) is 3. The van der Waals surface area contributed by atoms with Crippen LogP contribution in [0.1, 0.15) is 338 Å². The number of rotatable bonds is 66. The van der Waals surface area contributed by atoms with Gasteiger partial charge in [-0.3, -0.25) is 37.3 Å². The molecule has 0 fully saturated rings. The van der Waals surface area contributed by atoms with E-state index >= 15 is 0 Å². The average molecular weight is 1300 g/mol. The van der Waals surface area contributed by atoms with Crippen LogP contribution in [0.5, 0.6) is 0 Å². The van der Waals surface area contributed by atoms with E-state index in [4.69, 9.17) is 37.0 Å². The van der Waals surface area contributed by atoms with Gasteiger partial charge in [-0.1, -0.05) is 287 Å². The molecule has 522 valence electrons. The Morgan fingerprint density at radius 3 is 0.807 bits per heavy atom. The van der Waals surface area contributed by atoms with E-state index in [1.807, 2.05) is 0 Å². The van der Waals surface area contributed by atoms with Gasteiger partial charge >= 0.3 is 39.5 Å². The predicted octanol–water partition coefficient (Wildman–Crippen LogP) is 19.3. The number of esters is 4. The van der Waals surface area contributed by atoms with Crippen molar-refractivity contribution in [2.24, 2.45) is 23.7 Å². The summed E-state index contributed by atoms with van der Waals surface area (Å²) in [4.78, 5) is 72.4. The van der Waals surface area contributed by atoms with Gasteiger partial charge in [0.15, 0.2) is 12.2 Å². The van der Waals surface area contributed by atoms with Crippen LogP contribution in [-0.2, 0) is 65.4 Å². The Hall–Kier alpha value is -1.94. The van der Waals surface area contributed by atoms with Gasteiger partial charge in [0.25, 0.3) is 0 Å². The smallest absolute Gasteiger partial charge is 0.462 e. The van der Waals surface area contributed by atoms with Gasteiger partial charge in [-0.05, 0) is 49.4 Å². The van der Waals surface area contributed by atoms with Crippen LogP contribution in [-0.4, -0.2) is 96.7 Å². The molecule has 0 radical (unpaired) electrons. The van der Waals surface area contributed by atoms with E-state index in [1.54, 1.807) is 0 Å². The molecule has 0 rings (SSSR count). The molecule has 0 saturated heterocycles. The second kappa shape index (κ2) is 58.8. The molecule has 6 atom stereocenters. The van der Waals surface area contributed by atoms with Gasteiger partial charge in [-0.2, -0.15) is 0 Å². The van der Waals surface area contributed by atoms with E-state index in [-0.39, 0.29) is 25.7 Å². The maximum absolute atomic E-state index is 13.0. The second-order valence-corrected chi connectivity index (χ2v) is 29.5. The molecule has 0 aliphatic carbocycles. The standard InChI is InChI=1S/C69H134O17P2/c1-9-62(8)48-40-32-27-28-34-42-50-67(72)80-56-65(86-69(74)52-44-36-26-20-23-31-39-47-61(6)7)58-84-88(77,78)82-54-63(70)53-81-87(75,76)83-57-64(85-68(73)51-43-35-25-19-18-22-30-38-46-60(4)5)55-79-66(71)49-41-33-24-17-15-13-11-10-12-14-16-21-29-37-45-59(2)3/h59-65,70H,9-58H2,1-8H3,(H,75,76)(H,77,78)/t62?,63-,64-,65-/m1/s1. The lowest BCUT2D eigenvalue weighted by atomic mass is 10.00. The van der Waals surface area contributed by atoms with Crippen LogP contribution in [0.25, 0.3) is 0 Å². The Labute approximate surface area is 537 Å². The molecule has 17 nitrogen and oxygen atoms in total. The summed E-state index contributed by atoms with van der Waals surface area (Å²) in [6.45, 7) is 14.0. The summed E-state index contributed by atoms with van der Waals surface area (Å²) in [6.07, 6.45) is 40.5. The van der Waals surface area contributed by atoms with Gasteiger partial charge < -0.3 is 33.8 Å². The van der Waals surface area contributed by atoms with E-state index in [9.17, 15) is 43.2 Å². The Balaban J connectivity index is 5.21. The molecule has 0 spiro atoms. The number of aliphatic hydroxyl groups is 1. The van der Waals surface area contributed by atoms with Crippen molar-refractivity contribution in [2.45, 2.75) is 356 Å². The van der Waals surface area contributed by atoms with Crippen molar-refractivity contribution in [3.63, 3.8) is 0 Å². The predicted molar refractivity (Wildman–Crippen MR) is 354 cm³/mol. The Morgan fingerprint density at radius 1 is 0.318 bits per heavy atom. The first kappa shape index (κ1) is 86.1. The summed E-state index contributed by atoms with van der Waals surface area (Å²) in [5.74, 6) is 0.809. The highest BCUT2D eigenvalue weighted by molar-refractivity contribution is 7.47. The number of carbonyl (C=O) groups excluding carboxylic acids is 4. The summed E-state index contributed by atoms with van der Waals surface area (Å²) in [6, 6.07) is 0. The molecular formula is C69H134O17P2. The topological polar surface area (TPSA) is 237 Å². The van der Waals surface area contributed by atoms with Crippen molar-refractivity contribution >= 4 is 39.5 Å². The van der Waals surface area contributed by atoms with Crippen LogP contribution in [0.4, 0.5) is 0 Å². The fourth-order valence-electron chi connectivity index (χ4n) is 10.3. The number of carbonyl (C=O) groups is 4. The molecule has 88 heavy (non-hydrogen) atoms. The van der Waals surface area contributed by atoms with Crippen molar-refractivity contribution in [3.8, 4) is 0 Å². The van der Waals surface area contributed by atoms with Gasteiger partial charge in [-0.15, -0.1) is 0 Å². The molecule has 3 N–H and O–H groups in total. The number of ether oxygens (including phenoxy) is 4. The Morgan fingerprint density at radius 2 is 0.545 bits per heavy atom. The first-order chi connectivity index (χ1) is 42.1. The number of unbranched alkanes of at least 4 members (excludes halogenated alkanes) is 31. The van der Waals surface area contributed by atoms with E-state index in [0.717, 1.165) is 114 Å². The zero-order valence-corrected chi connectivity index (χ0v) is 59.1. The summed E-state index contributed by atoms with van der Waals surface area (Å²) in [5, 5.41) is 10.6. The molecule has 0 aliphatic rings. The molecule has 19 heteroatoms. The minimum absolute atomic E-state index is 0.102. The van der Waals surface area contributed by atoms with Crippen molar-refractivity contribution < 1.29 is 80.2 Å². The van der Waals surface area contributed by atoms with Crippen LogP contribution in [0.15, 0.2) is 0 Å². The number of phosphoric acid groups is 2. The van der Waals surface area contributed by atoms with Crippen molar-refractivity contribution in [1.29, 1.82) is 0 Å². The zero-order valence-electron chi connectivity index (χ0n) is 57.3. The van der Waals surface area contributed by atoms with Crippen molar-refractivity contribution in [1.82, 2.24) is 0 Å². The SMILES string of the molecule is CCC(C)CCCCCCCCC(=O)OC[C@H](COP(=O)(O)OC[C@H](O)COP(=O)(O)OC[C@@H](COC(=O)CCCCCCCCCCCCCCCCC(C)C)OC(=O)CCCCCCCCCCC(C)C)OC(=O)CCCCCCCCCC(C)C. The lowest BCUT2D eigenvalue weighted by Crippen LogP contribution is -2.30. The summed E-state index contributed by atoms with van der Waals surface area (Å²) in [5.41, 5.74) is 0. The van der Waals surface area contributed by atoms with E-state index in [0.29, 0.717) is 31.6 Å². The quantitative estimate of drug-likeness (QED) is 0.0222. The third-order valence-corrected chi connectivity index (χ3v) is 18.1. The highest BCUT2D eigenvalue weighted by Crippen LogP contribution is 2.45. The maximum Gasteiger partial charge on any atom is 0.472 e. The largest absolute Gasteiger partial charge is 0.472 e. The highest BCUT2D eigenvalue weighted by atomic mass is 31.2. The molecule has 0 aliphatic heterocycles. The minimum atomic E-state index is -4.95. The number of phosphoric ester groups is 2. The molecular weight excluding hydrogens is 1160 g/mol. The van der Waals surface area contributed by atoms with Crippen LogP contribution in [0.3, 0.4) is 0 Å². The maximum atomic E-state index is 13.0. The van der Waals surface area contributed by atoms with Crippen LogP contribution < -0.4 is 0 Å². The summed E-state index contributed by atoms with van der Waals surface area (Å²) >= 11 is 0. The minimum Gasteiger partial charge on any atom is -0.462 e. The molecule has 0 aromatic heterocycles. The summed E-state index contributed by atoms with van der Waals surface area (Å²) < 4.78 is 68.2. The lowest BCUT2D eigenvalue weighted by molar-refractivity contribution is -0.161. The van der Waals surface area contributed by atoms with Gasteiger partial charge in [0.1, 0.15) is 19.3 Å². The molecule has 0 bridgehead atoms. The fourth-order valence-corrected chi connectivity index (χ4v) is 11.9. The van der Waals surface area contributed by atoms with Crippen molar-refractivity contribution in [3.05, 3.63) is 0 Å². The first-order valence-corrected chi connectivity index (χ1v) is 38.7. The van der Waals surface area contributed by atoms with Gasteiger partial charge in [0.2, 0.25) is 0 Å². The highest BCUT2D eigenvalue weighted by Gasteiger charge is 2.30. The van der Waals surface area contributed by atoms with Gasteiger partial charge in [0, 0.05) is 25.7 Å². The van der Waals surface area contributed by atoms with Crippen LogP contribution in [0, 0.1) is 23.7 Å². The van der Waals surface area contributed by atoms with Crippen LogP contribution in [0.2, 0.25) is 0 Å². The summed E-state index contributed by atoms with van der Waals surface area (Å²) in [7, 11) is -9.90. The lowest BCUT2D eigenvalue weighted by Gasteiger charge is -2.21. The van der Waals surface area contributed by atoms with Crippen molar-refractivity contribution in [2.75, 3.05) is 39.6 Å². The molecule has 3 unspecified atom stereocenters. The zero-order chi connectivity index (χ0) is 65.4. The third kappa shape index (κ3) is 61.6. The number of hydrogen-bond acceptors (Lipinski definition) is 15. The van der Waals surface area contributed by atoms with Gasteiger partial charge in [0.05, 0.1) is 26.4 Å². The van der Waals surface area contributed by atoms with E-state index in [2.05, 4.69) is 55.4 Å².